The number of aromatic amines is 2. The third kappa shape index (κ3) is 3.91. The molecule has 0 radical (unpaired) electrons. The first kappa shape index (κ1) is 16.6. The van der Waals surface area contributed by atoms with E-state index in [2.05, 4.69) is 28.8 Å². The maximum absolute atomic E-state index is 12.2. The second-order valence-corrected chi connectivity index (χ2v) is 6.22. The van der Waals surface area contributed by atoms with E-state index < -0.39 is 0 Å². The van der Waals surface area contributed by atoms with Crippen LogP contribution in [0.25, 0.3) is 11.0 Å². The Hall–Kier alpha value is -1.76. The number of nitrogens with zero attached hydrogens (tertiary/aromatic N) is 2. The summed E-state index contributed by atoms with van der Waals surface area (Å²) in [6.45, 7) is 7.54. The van der Waals surface area contributed by atoms with Crippen LogP contribution in [0, 0.1) is 6.92 Å². The normalized spacial score (nSPS) is 11.0. The quantitative estimate of drug-likeness (QED) is 0.605. The van der Waals surface area contributed by atoms with Crippen LogP contribution < -0.4 is 5.56 Å². The van der Waals surface area contributed by atoms with E-state index in [-0.39, 0.29) is 17.2 Å². The molecule has 22 heavy (non-hydrogen) atoms. The molecule has 2 aromatic heterocycles. The van der Waals surface area contributed by atoms with Gasteiger partial charge in [-0.2, -0.15) is 0 Å². The molecule has 7 heteroatoms. The molecule has 0 saturated carbocycles. The van der Waals surface area contributed by atoms with Gasteiger partial charge in [0, 0.05) is 18.8 Å². The summed E-state index contributed by atoms with van der Waals surface area (Å²) in [7, 11) is 0. The lowest BCUT2D eigenvalue weighted by Crippen LogP contribution is -2.33. The molecule has 0 saturated heterocycles. The van der Waals surface area contributed by atoms with E-state index in [0.717, 1.165) is 31.6 Å². The number of nitrogens with one attached hydrogen (secondary N) is 2. The SMILES string of the molecule is CCCN(CCC)C(=O)CSc1nc2cc(C)[nH]c2c(=O)[nH]1. The highest BCUT2D eigenvalue weighted by molar-refractivity contribution is 7.99. The lowest BCUT2D eigenvalue weighted by atomic mass is 10.3. The Labute approximate surface area is 133 Å². The van der Waals surface area contributed by atoms with Gasteiger partial charge in [0.25, 0.3) is 5.56 Å². The van der Waals surface area contributed by atoms with Crippen molar-refractivity contribution in [3.63, 3.8) is 0 Å². The number of aromatic nitrogens is 3. The van der Waals surface area contributed by atoms with Crippen LogP contribution in [0.4, 0.5) is 0 Å². The van der Waals surface area contributed by atoms with Crippen LogP contribution in [0.15, 0.2) is 16.0 Å². The Morgan fingerprint density at radius 1 is 1.27 bits per heavy atom. The summed E-state index contributed by atoms with van der Waals surface area (Å²) in [5.41, 5.74) is 1.80. The zero-order valence-electron chi connectivity index (χ0n) is 13.2. The Balaban J connectivity index is 2.07. The van der Waals surface area contributed by atoms with Gasteiger partial charge in [0.15, 0.2) is 5.16 Å². The Bertz CT molecular complexity index is 701. The first-order chi connectivity index (χ1) is 10.5. The van der Waals surface area contributed by atoms with E-state index in [4.69, 9.17) is 0 Å². The molecule has 0 aliphatic carbocycles. The molecule has 120 valence electrons. The number of carbonyl (C=O) groups excluding carboxylic acids is 1. The minimum Gasteiger partial charge on any atom is -0.353 e. The second-order valence-electron chi connectivity index (χ2n) is 5.25. The average Bonchev–Trinajstić information content (AvgIpc) is 2.85. The molecule has 0 aliphatic heterocycles. The molecule has 2 N–H and O–H groups in total. The largest absolute Gasteiger partial charge is 0.353 e. The number of fused-ring (bicyclic) bond motifs is 1. The predicted molar refractivity (Wildman–Crippen MR) is 89.3 cm³/mol. The molecule has 0 fully saturated rings. The smallest absolute Gasteiger partial charge is 0.275 e. The van der Waals surface area contributed by atoms with Gasteiger partial charge < -0.3 is 9.88 Å². The fourth-order valence-electron chi connectivity index (χ4n) is 2.32. The van der Waals surface area contributed by atoms with Gasteiger partial charge >= 0.3 is 0 Å². The van der Waals surface area contributed by atoms with Crippen LogP contribution in [0.2, 0.25) is 0 Å². The van der Waals surface area contributed by atoms with Gasteiger partial charge in [0.1, 0.15) is 5.52 Å². The number of rotatable bonds is 7. The highest BCUT2D eigenvalue weighted by Gasteiger charge is 2.13. The van der Waals surface area contributed by atoms with Gasteiger partial charge in [-0.1, -0.05) is 25.6 Å². The maximum Gasteiger partial charge on any atom is 0.275 e. The third-order valence-electron chi connectivity index (χ3n) is 3.27. The fraction of sp³-hybridized carbons (Fsp3) is 0.533. The summed E-state index contributed by atoms with van der Waals surface area (Å²) in [6.07, 6.45) is 1.89. The highest BCUT2D eigenvalue weighted by Crippen LogP contribution is 2.16. The molecule has 2 rings (SSSR count). The number of thioether (sulfide) groups is 1. The van der Waals surface area contributed by atoms with Gasteiger partial charge in [-0.05, 0) is 25.8 Å². The van der Waals surface area contributed by atoms with E-state index in [1.54, 1.807) is 0 Å². The maximum atomic E-state index is 12.2. The minimum absolute atomic E-state index is 0.0849. The molecule has 6 nitrogen and oxygen atoms in total. The standard InChI is InChI=1S/C15H22N4O2S/c1-4-6-19(7-5-2)12(20)9-22-15-17-11-8-10(3)16-13(11)14(21)18-15/h8,16H,4-7,9H2,1-3H3,(H,17,18,21). The molecule has 2 heterocycles. The van der Waals surface area contributed by atoms with Crippen molar-refractivity contribution in [3.8, 4) is 0 Å². The van der Waals surface area contributed by atoms with E-state index in [1.807, 2.05) is 17.9 Å². The van der Waals surface area contributed by atoms with Gasteiger partial charge in [0.05, 0.1) is 11.3 Å². The van der Waals surface area contributed by atoms with Crippen molar-refractivity contribution in [3.05, 3.63) is 22.1 Å². The summed E-state index contributed by atoms with van der Waals surface area (Å²) < 4.78 is 0. The third-order valence-corrected chi connectivity index (χ3v) is 4.13. The van der Waals surface area contributed by atoms with Gasteiger partial charge in [0.2, 0.25) is 5.91 Å². The molecule has 0 spiro atoms. The predicted octanol–water partition coefficient (Wildman–Crippen LogP) is 2.30. The molecule has 0 atom stereocenters. The summed E-state index contributed by atoms with van der Waals surface area (Å²) in [6, 6.07) is 1.83. The zero-order valence-corrected chi connectivity index (χ0v) is 14.0. The minimum atomic E-state index is -0.202. The van der Waals surface area contributed by atoms with Crippen molar-refractivity contribution in [1.82, 2.24) is 19.9 Å². The number of amides is 1. The van der Waals surface area contributed by atoms with Crippen molar-refractivity contribution in [2.75, 3.05) is 18.8 Å². The number of H-pyrrole nitrogens is 2. The topological polar surface area (TPSA) is 81.8 Å². The van der Waals surface area contributed by atoms with E-state index in [1.165, 1.54) is 11.8 Å². The van der Waals surface area contributed by atoms with Gasteiger partial charge in [-0.25, -0.2) is 4.98 Å². The summed E-state index contributed by atoms with van der Waals surface area (Å²) in [5.74, 6) is 0.374. The molecule has 1 amide bonds. The van der Waals surface area contributed by atoms with Crippen LogP contribution in [0.5, 0.6) is 0 Å². The molecular formula is C15H22N4O2S. The first-order valence-corrected chi connectivity index (χ1v) is 8.54. The van der Waals surface area contributed by atoms with Crippen molar-refractivity contribution in [1.29, 1.82) is 0 Å². The number of carbonyl (C=O) groups is 1. The van der Waals surface area contributed by atoms with Gasteiger partial charge in [-0.15, -0.1) is 0 Å². The lowest BCUT2D eigenvalue weighted by Gasteiger charge is -2.21. The van der Waals surface area contributed by atoms with Crippen molar-refractivity contribution < 1.29 is 4.79 Å². The molecular weight excluding hydrogens is 300 g/mol. The van der Waals surface area contributed by atoms with Crippen LogP contribution in [-0.2, 0) is 4.79 Å². The molecule has 0 bridgehead atoms. The van der Waals surface area contributed by atoms with E-state index in [0.29, 0.717) is 16.2 Å². The Morgan fingerprint density at radius 2 is 1.95 bits per heavy atom. The van der Waals surface area contributed by atoms with Crippen LogP contribution >= 0.6 is 11.8 Å². The fourth-order valence-corrected chi connectivity index (χ4v) is 3.09. The van der Waals surface area contributed by atoms with Crippen LogP contribution in [0.1, 0.15) is 32.4 Å². The monoisotopic (exact) mass is 322 g/mol. The summed E-state index contributed by atoms with van der Waals surface area (Å²) in [4.78, 5) is 36.1. The van der Waals surface area contributed by atoms with Crippen LogP contribution in [0.3, 0.4) is 0 Å². The molecule has 0 aromatic carbocycles. The van der Waals surface area contributed by atoms with E-state index in [9.17, 15) is 9.59 Å². The first-order valence-electron chi connectivity index (χ1n) is 7.55. The lowest BCUT2D eigenvalue weighted by molar-refractivity contribution is -0.128. The zero-order chi connectivity index (χ0) is 16.1. The summed E-state index contributed by atoms with van der Waals surface area (Å²) in [5, 5.41) is 0.484. The highest BCUT2D eigenvalue weighted by atomic mass is 32.2. The number of hydrogen-bond acceptors (Lipinski definition) is 4. The number of hydrogen-bond donors (Lipinski definition) is 2. The van der Waals surface area contributed by atoms with E-state index >= 15 is 0 Å². The summed E-state index contributed by atoms with van der Waals surface area (Å²) >= 11 is 1.28. The Kier molecular flexibility index (Phi) is 5.65. The molecule has 0 unspecified atom stereocenters. The van der Waals surface area contributed by atoms with Crippen molar-refractivity contribution in [2.45, 2.75) is 38.8 Å². The number of aryl methyl sites for hydroxylation is 1. The molecule has 0 aliphatic rings. The van der Waals surface area contributed by atoms with Gasteiger partial charge in [-0.3, -0.25) is 14.6 Å². The van der Waals surface area contributed by atoms with Crippen LogP contribution in [-0.4, -0.2) is 44.6 Å². The molecule has 2 aromatic rings. The second kappa shape index (κ2) is 7.49. The average molecular weight is 322 g/mol. The Morgan fingerprint density at radius 3 is 2.59 bits per heavy atom. The van der Waals surface area contributed by atoms with Crippen molar-refractivity contribution >= 4 is 28.7 Å². The van der Waals surface area contributed by atoms with Crippen molar-refractivity contribution in [2.24, 2.45) is 0 Å².